The number of nitrogens with zero attached hydrogens (tertiary/aromatic N) is 2. The number of ether oxygens (including phenoxy) is 1. The van der Waals surface area contributed by atoms with Crippen LogP contribution in [-0.2, 0) is 18.6 Å². The van der Waals surface area contributed by atoms with Crippen molar-refractivity contribution in [3.63, 3.8) is 0 Å². The van der Waals surface area contributed by atoms with Crippen LogP contribution in [0.15, 0.2) is 58.5 Å². The van der Waals surface area contributed by atoms with Crippen molar-refractivity contribution in [3.05, 3.63) is 80.5 Å². The van der Waals surface area contributed by atoms with E-state index in [-0.39, 0.29) is 5.56 Å². The van der Waals surface area contributed by atoms with Crippen molar-refractivity contribution in [1.29, 1.82) is 0 Å². The number of hydrogen-bond acceptors (Lipinski definition) is 5. The third-order valence-electron chi connectivity index (χ3n) is 6.19. The Labute approximate surface area is 202 Å². The number of fused-ring (bicyclic) bond motifs is 3. The average molecular weight is 477 g/mol. The van der Waals surface area contributed by atoms with E-state index < -0.39 is 0 Å². The van der Waals surface area contributed by atoms with Crippen molar-refractivity contribution in [1.82, 2.24) is 9.55 Å². The predicted molar refractivity (Wildman–Crippen MR) is 138 cm³/mol. The first-order valence-electron chi connectivity index (χ1n) is 11.5. The van der Waals surface area contributed by atoms with Gasteiger partial charge in [0.2, 0.25) is 0 Å². The molecular formula is C27H28N2O2S2. The van der Waals surface area contributed by atoms with Crippen LogP contribution in [0.3, 0.4) is 0 Å². The fraction of sp³-hybridized carbons (Fsp3) is 0.333. The van der Waals surface area contributed by atoms with Gasteiger partial charge in [0.1, 0.15) is 10.6 Å². The summed E-state index contributed by atoms with van der Waals surface area (Å²) >= 11 is 3.33. The minimum absolute atomic E-state index is 0.0441. The summed E-state index contributed by atoms with van der Waals surface area (Å²) in [5, 5.41) is 1.55. The lowest BCUT2D eigenvalue weighted by Gasteiger charge is -2.18. The van der Waals surface area contributed by atoms with E-state index >= 15 is 0 Å². The summed E-state index contributed by atoms with van der Waals surface area (Å²) in [6.45, 7) is 6.97. The minimum atomic E-state index is 0.0441. The van der Waals surface area contributed by atoms with Crippen LogP contribution in [0.5, 0.6) is 5.75 Å². The van der Waals surface area contributed by atoms with Gasteiger partial charge in [-0.15, -0.1) is 11.3 Å². The molecule has 0 N–H and O–H groups in total. The summed E-state index contributed by atoms with van der Waals surface area (Å²) in [6, 6.07) is 16.3. The molecule has 1 aliphatic carbocycles. The molecule has 1 unspecified atom stereocenters. The SMILES string of the molecule is CCOc1ccc(-n2c(SCc3ccc(C)cc3)nc3sc4c(c3c2=O)CCC(C)C4)cc1. The highest BCUT2D eigenvalue weighted by Crippen LogP contribution is 2.37. The van der Waals surface area contributed by atoms with Gasteiger partial charge in [0, 0.05) is 10.6 Å². The van der Waals surface area contributed by atoms with Crippen molar-refractivity contribution in [2.45, 2.75) is 50.9 Å². The smallest absolute Gasteiger partial charge is 0.267 e. The third-order valence-corrected chi connectivity index (χ3v) is 8.35. The van der Waals surface area contributed by atoms with Gasteiger partial charge in [-0.3, -0.25) is 9.36 Å². The maximum absolute atomic E-state index is 13.9. The summed E-state index contributed by atoms with van der Waals surface area (Å²) in [6.07, 6.45) is 3.14. The summed E-state index contributed by atoms with van der Waals surface area (Å²) in [5.41, 5.74) is 4.56. The monoisotopic (exact) mass is 476 g/mol. The lowest BCUT2D eigenvalue weighted by molar-refractivity contribution is 0.340. The van der Waals surface area contributed by atoms with Crippen LogP contribution >= 0.6 is 23.1 Å². The Kier molecular flexibility index (Phi) is 6.30. The molecule has 5 rings (SSSR count). The van der Waals surface area contributed by atoms with Crippen molar-refractivity contribution >= 4 is 33.3 Å². The molecule has 1 atom stereocenters. The number of rotatable bonds is 6. The maximum atomic E-state index is 13.9. The molecular weight excluding hydrogens is 448 g/mol. The fourth-order valence-corrected chi connectivity index (χ4v) is 6.78. The highest BCUT2D eigenvalue weighted by atomic mass is 32.2. The molecule has 170 valence electrons. The molecule has 4 nitrogen and oxygen atoms in total. The van der Waals surface area contributed by atoms with Crippen molar-refractivity contribution in [2.24, 2.45) is 5.92 Å². The first kappa shape index (κ1) is 22.2. The van der Waals surface area contributed by atoms with E-state index in [4.69, 9.17) is 9.72 Å². The van der Waals surface area contributed by atoms with Crippen LogP contribution in [0.2, 0.25) is 0 Å². The van der Waals surface area contributed by atoms with E-state index in [9.17, 15) is 4.79 Å². The summed E-state index contributed by atoms with van der Waals surface area (Å²) in [7, 11) is 0. The number of aromatic nitrogens is 2. The van der Waals surface area contributed by atoms with Crippen LogP contribution < -0.4 is 10.3 Å². The summed E-state index contributed by atoms with van der Waals surface area (Å²) in [5.74, 6) is 2.23. The van der Waals surface area contributed by atoms with Crippen LogP contribution in [0.1, 0.15) is 41.8 Å². The van der Waals surface area contributed by atoms with Crippen molar-refractivity contribution in [3.8, 4) is 11.4 Å². The predicted octanol–water partition coefficient (Wildman–Crippen LogP) is 6.57. The molecule has 0 bridgehead atoms. The first-order chi connectivity index (χ1) is 16.0. The summed E-state index contributed by atoms with van der Waals surface area (Å²) < 4.78 is 7.40. The topological polar surface area (TPSA) is 44.1 Å². The molecule has 1 aliphatic rings. The summed E-state index contributed by atoms with van der Waals surface area (Å²) in [4.78, 5) is 21.2. The van der Waals surface area contributed by atoms with E-state index in [1.807, 2.05) is 31.2 Å². The van der Waals surface area contributed by atoms with Gasteiger partial charge in [0.25, 0.3) is 5.56 Å². The van der Waals surface area contributed by atoms with Gasteiger partial charge in [-0.2, -0.15) is 0 Å². The molecule has 2 aromatic heterocycles. The lowest BCUT2D eigenvalue weighted by Crippen LogP contribution is -2.22. The van der Waals surface area contributed by atoms with Gasteiger partial charge >= 0.3 is 0 Å². The Balaban J connectivity index is 1.62. The molecule has 2 heterocycles. The zero-order valence-corrected chi connectivity index (χ0v) is 20.9. The third kappa shape index (κ3) is 4.46. The molecule has 2 aromatic carbocycles. The van der Waals surface area contributed by atoms with Crippen LogP contribution in [-0.4, -0.2) is 16.2 Å². The van der Waals surface area contributed by atoms with Crippen molar-refractivity contribution in [2.75, 3.05) is 6.61 Å². The van der Waals surface area contributed by atoms with E-state index in [1.54, 1.807) is 27.7 Å². The van der Waals surface area contributed by atoms with Gasteiger partial charge in [-0.1, -0.05) is 48.5 Å². The Morgan fingerprint density at radius 2 is 1.91 bits per heavy atom. The van der Waals surface area contributed by atoms with Gasteiger partial charge in [0.05, 0.1) is 17.7 Å². The van der Waals surface area contributed by atoms with Gasteiger partial charge in [-0.05, 0) is 74.4 Å². The molecule has 0 amide bonds. The Hall–Kier alpha value is -2.57. The molecule has 0 spiro atoms. The minimum Gasteiger partial charge on any atom is -0.494 e. The maximum Gasteiger partial charge on any atom is 0.267 e. The second kappa shape index (κ2) is 9.35. The van der Waals surface area contributed by atoms with Gasteiger partial charge in [-0.25, -0.2) is 4.98 Å². The fourth-order valence-electron chi connectivity index (χ4n) is 4.39. The Morgan fingerprint density at radius 3 is 2.64 bits per heavy atom. The Bertz CT molecular complexity index is 1340. The van der Waals surface area contributed by atoms with E-state index in [0.717, 1.165) is 51.8 Å². The van der Waals surface area contributed by atoms with E-state index in [2.05, 4.69) is 38.1 Å². The second-order valence-electron chi connectivity index (χ2n) is 8.77. The van der Waals surface area contributed by atoms with Crippen LogP contribution in [0.4, 0.5) is 0 Å². The largest absolute Gasteiger partial charge is 0.494 e. The number of thiophene rings is 1. The quantitative estimate of drug-likeness (QED) is 0.233. The molecule has 0 radical (unpaired) electrons. The zero-order chi connectivity index (χ0) is 22.9. The molecule has 6 heteroatoms. The second-order valence-corrected chi connectivity index (χ2v) is 10.8. The van der Waals surface area contributed by atoms with Crippen molar-refractivity contribution < 1.29 is 4.74 Å². The van der Waals surface area contributed by atoms with Crippen LogP contribution in [0.25, 0.3) is 15.9 Å². The number of benzene rings is 2. The highest BCUT2D eigenvalue weighted by Gasteiger charge is 2.25. The average Bonchev–Trinajstić information content (AvgIpc) is 3.17. The number of thioether (sulfide) groups is 1. The molecule has 0 saturated carbocycles. The first-order valence-corrected chi connectivity index (χ1v) is 13.3. The lowest BCUT2D eigenvalue weighted by atomic mass is 9.89. The van der Waals surface area contributed by atoms with Gasteiger partial charge in [0.15, 0.2) is 5.16 Å². The van der Waals surface area contributed by atoms with Gasteiger partial charge < -0.3 is 4.74 Å². The number of aryl methyl sites for hydroxylation is 2. The molecule has 33 heavy (non-hydrogen) atoms. The number of hydrogen-bond donors (Lipinski definition) is 0. The van der Waals surface area contributed by atoms with Crippen LogP contribution in [0, 0.1) is 12.8 Å². The molecule has 4 aromatic rings. The standard InChI is InChI=1S/C27H28N2O2S2/c1-4-31-21-12-10-20(11-13-21)29-26(30)24-22-14-7-18(3)15-23(22)33-25(24)28-27(29)32-16-19-8-5-17(2)6-9-19/h5-6,8-13,18H,4,7,14-16H2,1-3H3. The molecule has 0 aliphatic heterocycles. The molecule has 0 fully saturated rings. The van der Waals surface area contributed by atoms with E-state index in [1.165, 1.54) is 21.6 Å². The zero-order valence-electron chi connectivity index (χ0n) is 19.3. The molecule has 0 saturated heterocycles. The van der Waals surface area contributed by atoms with E-state index in [0.29, 0.717) is 12.5 Å². The Morgan fingerprint density at radius 1 is 1.15 bits per heavy atom. The highest BCUT2D eigenvalue weighted by molar-refractivity contribution is 7.98. The normalized spacial score (nSPS) is 15.5.